The molecule has 0 radical (unpaired) electrons. The van der Waals surface area contributed by atoms with E-state index in [4.69, 9.17) is 11.0 Å². The predicted molar refractivity (Wildman–Crippen MR) is 94.5 cm³/mol. The molecule has 2 aromatic carbocycles. The first-order valence-corrected chi connectivity index (χ1v) is 7.86. The number of aromatic nitrogens is 1. The van der Waals surface area contributed by atoms with Crippen LogP contribution in [0.1, 0.15) is 23.2 Å². The molecule has 2 amide bonds. The van der Waals surface area contributed by atoms with Crippen LogP contribution in [0, 0.1) is 11.3 Å². The van der Waals surface area contributed by atoms with Crippen LogP contribution in [0.25, 0.3) is 21.8 Å². The highest BCUT2D eigenvalue weighted by atomic mass is 16.2. The average Bonchev–Trinajstić information content (AvgIpc) is 2.62. The van der Waals surface area contributed by atoms with Gasteiger partial charge in [-0.2, -0.15) is 5.26 Å². The van der Waals surface area contributed by atoms with Gasteiger partial charge in [-0.25, -0.2) is 4.98 Å². The topological polar surface area (TPSA) is 109 Å². The number of para-hydroxylation sites is 2. The summed E-state index contributed by atoms with van der Waals surface area (Å²) in [6.45, 7) is 0. The molecular weight excluding hydrogens is 316 g/mol. The third kappa shape index (κ3) is 3.26. The normalized spacial score (nSPS) is 11.8. The fourth-order valence-corrected chi connectivity index (χ4v) is 2.81. The van der Waals surface area contributed by atoms with Crippen molar-refractivity contribution in [2.24, 2.45) is 5.73 Å². The predicted octanol–water partition coefficient (Wildman–Crippen LogP) is 2.28. The Morgan fingerprint density at radius 1 is 1.08 bits per heavy atom. The summed E-state index contributed by atoms with van der Waals surface area (Å²) in [6, 6.07) is 15.7. The fourth-order valence-electron chi connectivity index (χ4n) is 2.81. The van der Waals surface area contributed by atoms with Gasteiger partial charge in [-0.1, -0.05) is 36.4 Å². The Kier molecular flexibility index (Phi) is 4.57. The Balaban J connectivity index is 2.10. The maximum Gasteiger partial charge on any atom is 0.253 e. The van der Waals surface area contributed by atoms with Crippen LogP contribution in [0.5, 0.6) is 0 Å². The van der Waals surface area contributed by atoms with Crippen molar-refractivity contribution < 1.29 is 9.59 Å². The molecule has 0 bridgehead atoms. The second-order valence-electron chi connectivity index (χ2n) is 5.65. The van der Waals surface area contributed by atoms with Crippen LogP contribution in [0.3, 0.4) is 0 Å². The van der Waals surface area contributed by atoms with E-state index in [9.17, 15) is 9.59 Å². The van der Waals surface area contributed by atoms with Crippen molar-refractivity contribution in [1.29, 1.82) is 5.26 Å². The number of fused-ring (bicyclic) bond motifs is 2. The van der Waals surface area contributed by atoms with Gasteiger partial charge in [0.1, 0.15) is 6.04 Å². The maximum atomic E-state index is 12.9. The van der Waals surface area contributed by atoms with E-state index in [2.05, 4.69) is 10.3 Å². The molecule has 3 aromatic rings. The minimum atomic E-state index is -0.891. The quantitative estimate of drug-likeness (QED) is 0.698. The molecule has 25 heavy (non-hydrogen) atoms. The summed E-state index contributed by atoms with van der Waals surface area (Å²) in [4.78, 5) is 29.1. The number of nitrogens with two attached hydrogens (primary N) is 1. The van der Waals surface area contributed by atoms with E-state index in [1.165, 1.54) is 0 Å². The molecule has 1 aromatic heterocycles. The fraction of sp³-hybridized carbons (Fsp3) is 0.158. The number of hydrogen-bond donors (Lipinski definition) is 2. The van der Waals surface area contributed by atoms with Gasteiger partial charge in [0.25, 0.3) is 5.91 Å². The van der Waals surface area contributed by atoms with E-state index in [0.717, 1.165) is 0 Å². The minimum absolute atomic E-state index is 0.131. The molecule has 0 saturated carbocycles. The number of rotatable bonds is 5. The third-order valence-electron chi connectivity index (χ3n) is 4.01. The highest BCUT2D eigenvalue weighted by Crippen LogP contribution is 2.26. The molecule has 0 aliphatic rings. The molecular formula is C19H16N4O2. The highest BCUT2D eigenvalue weighted by molar-refractivity contribution is 6.16. The number of primary amides is 1. The van der Waals surface area contributed by atoms with Gasteiger partial charge >= 0.3 is 0 Å². The summed E-state index contributed by atoms with van der Waals surface area (Å²) >= 11 is 0. The number of hydrogen-bond acceptors (Lipinski definition) is 4. The van der Waals surface area contributed by atoms with E-state index >= 15 is 0 Å². The van der Waals surface area contributed by atoms with Crippen molar-refractivity contribution in [3.05, 3.63) is 54.1 Å². The van der Waals surface area contributed by atoms with Gasteiger partial charge < -0.3 is 11.1 Å². The lowest BCUT2D eigenvalue weighted by atomic mass is 10.0. The van der Waals surface area contributed by atoms with Gasteiger partial charge in [-0.3, -0.25) is 9.59 Å². The number of pyridine rings is 1. The Labute approximate surface area is 144 Å². The number of amides is 2. The first-order chi connectivity index (χ1) is 12.1. The van der Waals surface area contributed by atoms with E-state index in [0.29, 0.717) is 27.4 Å². The molecule has 6 nitrogen and oxygen atoms in total. The molecule has 3 N–H and O–H groups in total. The Morgan fingerprint density at radius 2 is 1.64 bits per heavy atom. The molecule has 0 unspecified atom stereocenters. The summed E-state index contributed by atoms with van der Waals surface area (Å²) in [5.74, 6) is -1.07. The number of carbonyl (C=O) groups excluding carboxylic acids is 2. The molecule has 0 spiro atoms. The lowest BCUT2D eigenvalue weighted by molar-refractivity contribution is -0.119. The molecule has 0 fully saturated rings. The second-order valence-corrected chi connectivity index (χ2v) is 5.65. The third-order valence-corrected chi connectivity index (χ3v) is 4.01. The smallest absolute Gasteiger partial charge is 0.253 e. The first kappa shape index (κ1) is 16.4. The largest absolute Gasteiger partial charge is 0.368 e. The van der Waals surface area contributed by atoms with E-state index < -0.39 is 17.9 Å². The molecule has 1 heterocycles. The van der Waals surface area contributed by atoms with E-state index in [1.54, 1.807) is 0 Å². The second kappa shape index (κ2) is 6.97. The van der Waals surface area contributed by atoms with Gasteiger partial charge in [0.15, 0.2) is 0 Å². The molecule has 0 aliphatic carbocycles. The SMILES string of the molecule is N#CCC[C@H](NC(=O)c1c2ccccc2nc2ccccc12)C(N)=O. The molecule has 124 valence electrons. The van der Waals surface area contributed by atoms with Gasteiger partial charge in [0, 0.05) is 17.2 Å². The number of nitriles is 1. The standard InChI is InChI=1S/C19H16N4O2/c20-11-5-10-16(18(21)24)23-19(25)17-12-6-1-3-8-14(12)22-15-9-4-2-7-13(15)17/h1-4,6-9,16H,5,10H2,(H2,21,24)(H,23,25)/t16-/m0/s1. The molecule has 3 rings (SSSR count). The van der Waals surface area contributed by atoms with Crippen LogP contribution in [0.15, 0.2) is 48.5 Å². The van der Waals surface area contributed by atoms with Crippen LogP contribution in [0.2, 0.25) is 0 Å². The summed E-state index contributed by atoms with van der Waals surface area (Å²) in [7, 11) is 0. The first-order valence-electron chi connectivity index (χ1n) is 7.86. The van der Waals surface area contributed by atoms with Crippen molar-refractivity contribution in [1.82, 2.24) is 10.3 Å². The summed E-state index contributed by atoms with van der Waals surface area (Å²) in [6.07, 6.45) is 0.310. The zero-order valence-corrected chi connectivity index (χ0v) is 13.4. The van der Waals surface area contributed by atoms with Gasteiger partial charge in [-0.05, 0) is 18.6 Å². The zero-order valence-electron chi connectivity index (χ0n) is 13.4. The lowest BCUT2D eigenvalue weighted by Gasteiger charge is -2.16. The van der Waals surface area contributed by atoms with Crippen molar-refractivity contribution in [2.75, 3.05) is 0 Å². The highest BCUT2D eigenvalue weighted by Gasteiger charge is 2.22. The van der Waals surface area contributed by atoms with Crippen LogP contribution in [-0.2, 0) is 4.79 Å². The Bertz CT molecular complexity index is 953. The summed E-state index contributed by atoms with van der Waals surface area (Å²) in [5, 5.41) is 12.8. The Morgan fingerprint density at radius 3 is 2.16 bits per heavy atom. The summed E-state index contributed by atoms with van der Waals surface area (Å²) in [5.41, 5.74) is 7.19. The van der Waals surface area contributed by atoms with Gasteiger partial charge in [-0.15, -0.1) is 0 Å². The number of carbonyl (C=O) groups is 2. The minimum Gasteiger partial charge on any atom is -0.368 e. The molecule has 0 saturated heterocycles. The van der Waals surface area contributed by atoms with Crippen molar-refractivity contribution >= 4 is 33.6 Å². The molecule has 6 heteroatoms. The monoisotopic (exact) mass is 332 g/mol. The van der Waals surface area contributed by atoms with Crippen molar-refractivity contribution in [3.8, 4) is 6.07 Å². The van der Waals surface area contributed by atoms with E-state index in [1.807, 2.05) is 54.6 Å². The number of nitrogens with one attached hydrogen (secondary N) is 1. The maximum absolute atomic E-state index is 12.9. The average molecular weight is 332 g/mol. The van der Waals surface area contributed by atoms with Gasteiger partial charge in [0.05, 0.1) is 22.7 Å². The number of benzene rings is 2. The Hall–Kier alpha value is -3.46. The van der Waals surface area contributed by atoms with Crippen molar-refractivity contribution in [2.45, 2.75) is 18.9 Å². The summed E-state index contributed by atoms with van der Waals surface area (Å²) < 4.78 is 0. The molecule has 0 aliphatic heterocycles. The van der Waals surface area contributed by atoms with Gasteiger partial charge in [0.2, 0.25) is 5.91 Å². The molecule has 1 atom stereocenters. The van der Waals surface area contributed by atoms with Crippen LogP contribution >= 0.6 is 0 Å². The van der Waals surface area contributed by atoms with Crippen LogP contribution < -0.4 is 11.1 Å². The van der Waals surface area contributed by atoms with Crippen LogP contribution in [0.4, 0.5) is 0 Å². The lowest BCUT2D eigenvalue weighted by Crippen LogP contribution is -2.44. The zero-order chi connectivity index (χ0) is 17.8. The number of nitrogens with zero attached hydrogens (tertiary/aromatic N) is 2. The van der Waals surface area contributed by atoms with Crippen LogP contribution in [-0.4, -0.2) is 22.8 Å². The van der Waals surface area contributed by atoms with Crippen molar-refractivity contribution in [3.63, 3.8) is 0 Å². The van der Waals surface area contributed by atoms with E-state index in [-0.39, 0.29) is 12.8 Å².